The fourth-order valence-corrected chi connectivity index (χ4v) is 3.68. The Morgan fingerprint density at radius 2 is 1.65 bits per heavy atom. The van der Waals surface area contributed by atoms with Crippen molar-refractivity contribution in [2.24, 2.45) is 0 Å². The number of fused-ring (bicyclic) bond motifs is 3. The van der Waals surface area contributed by atoms with Gasteiger partial charge in [-0.2, -0.15) is 0 Å². The van der Waals surface area contributed by atoms with Crippen molar-refractivity contribution in [2.75, 3.05) is 13.2 Å². The molecule has 0 bridgehead atoms. The molecule has 1 aliphatic carbocycles. The monoisotopic (exact) mass is 312 g/mol. The summed E-state index contributed by atoms with van der Waals surface area (Å²) in [6.07, 6.45) is 0. The molecule has 23 heavy (non-hydrogen) atoms. The van der Waals surface area contributed by atoms with Gasteiger partial charge in [-0.05, 0) is 54.3 Å². The number of ether oxygens (including phenoxy) is 2. The Morgan fingerprint density at radius 3 is 2.30 bits per heavy atom. The van der Waals surface area contributed by atoms with E-state index in [0.29, 0.717) is 13.2 Å². The number of hydrogen-bond donors (Lipinski definition) is 1. The molecular weight excluding hydrogens is 288 g/mol. The number of aliphatic hydroxyl groups is 1. The lowest BCUT2D eigenvalue weighted by molar-refractivity contribution is 0.264. The van der Waals surface area contributed by atoms with Crippen LogP contribution in [-0.4, -0.2) is 18.3 Å². The Balaban J connectivity index is 2.21. The SMILES string of the molecule is CCOc1ccc2c(c1)C(C)(C)c1c-2ccc(OCC)c1CO. The lowest BCUT2D eigenvalue weighted by Crippen LogP contribution is -2.18. The first-order chi connectivity index (χ1) is 11.0. The van der Waals surface area contributed by atoms with Crippen LogP contribution >= 0.6 is 0 Å². The molecule has 3 nitrogen and oxygen atoms in total. The van der Waals surface area contributed by atoms with Gasteiger partial charge in [-0.15, -0.1) is 0 Å². The van der Waals surface area contributed by atoms with Crippen LogP contribution in [-0.2, 0) is 12.0 Å². The minimum absolute atomic E-state index is 0.0196. The van der Waals surface area contributed by atoms with Crippen molar-refractivity contribution in [3.63, 3.8) is 0 Å². The second-order valence-corrected chi connectivity index (χ2v) is 6.32. The summed E-state index contributed by atoms with van der Waals surface area (Å²) in [4.78, 5) is 0. The van der Waals surface area contributed by atoms with Crippen LogP contribution < -0.4 is 9.47 Å². The van der Waals surface area contributed by atoms with Gasteiger partial charge in [0.15, 0.2) is 0 Å². The van der Waals surface area contributed by atoms with Gasteiger partial charge in [0, 0.05) is 11.0 Å². The molecule has 1 N–H and O–H groups in total. The fraction of sp³-hybridized carbons (Fsp3) is 0.400. The normalized spacial score (nSPS) is 14.3. The Labute approximate surface area is 137 Å². The molecule has 0 atom stereocenters. The highest BCUT2D eigenvalue weighted by atomic mass is 16.5. The van der Waals surface area contributed by atoms with Gasteiger partial charge in [-0.25, -0.2) is 0 Å². The third-order valence-corrected chi connectivity index (χ3v) is 4.62. The molecule has 0 amide bonds. The molecule has 2 aromatic rings. The zero-order chi connectivity index (χ0) is 16.6. The Bertz CT molecular complexity index is 732. The molecule has 0 aromatic heterocycles. The number of aliphatic hydroxyl groups excluding tert-OH is 1. The van der Waals surface area contributed by atoms with Gasteiger partial charge in [0.05, 0.1) is 19.8 Å². The summed E-state index contributed by atoms with van der Waals surface area (Å²) in [7, 11) is 0. The van der Waals surface area contributed by atoms with E-state index in [9.17, 15) is 5.11 Å². The van der Waals surface area contributed by atoms with E-state index in [1.54, 1.807) is 0 Å². The predicted molar refractivity (Wildman–Crippen MR) is 92.3 cm³/mol. The maximum Gasteiger partial charge on any atom is 0.125 e. The maximum absolute atomic E-state index is 9.95. The standard InChI is InChI=1S/C20H24O3/c1-5-22-13-7-8-14-15-9-10-18(23-6-2)16(12-21)19(15)20(3,4)17(14)11-13/h7-11,21H,5-6,12H2,1-4H3. The van der Waals surface area contributed by atoms with Crippen LogP contribution in [0.3, 0.4) is 0 Å². The van der Waals surface area contributed by atoms with Crippen molar-refractivity contribution in [3.8, 4) is 22.6 Å². The molecule has 0 spiro atoms. The van der Waals surface area contributed by atoms with Gasteiger partial charge in [0.2, 0.25) is 0 Å². The number of hydrogen-bond acceptors (Lipinski definition) is 3. The Morgan fingerprint density at radius 1 is 0.957 bits per heavy atom. The highest BCUT2D eigenvalue weighted by Gasteiger charge is 2.38. The van der Waals surface area contributed by atoms with Crippen molar-refractivity contribution in [3.05, 3.63) is 47.0 Å². The van der Waals surface area contributed by atoms with Crippen LogP contribution in [0.5, 0.6) is 11.5 Å². The summed E-state index contributed by atoms with van der Waals surface area (Å²) >= 11 is 0. The van der Waals surface area contributed by atoms with Crippen molar-refractivity contribution in [2.45, 2.75) is 39.7 Å². The summed E-state index contributed by atoms with van der Waals surface area (Å²) in [5.41, 5.74) is 5.50. The van der Waals surface area contributed by atoms with Crippen LogP contribution in [0.15, 0.2) is 30.3 Å². The highest BCUT2D eigenvalue weighted by molar-refractivity contribution is 5.83. The molecule has 0 saturated heterocycles. The first-order valence-corrected chi connectivity index (χ1v) is 8.22. The number of rotatable bonds is 5. The molecule has 0 heterocycles. The van der Waals surface area contributed by atoms with Gasteiger partial charge in [0.1, 0.15) is 11.5 Å². The van der Waals surface area contributed by atoms with Gasteiger partial charge < -0.3 is 14.6 Å². The molecule has 0 unspecified atom stereocenters. The van der Waals surface area contributed by atoms with Gasteiger partial charge >= 0.3 is 0 Å². The van der Waals surface area contributed by atoms with E-state index in [0.717, 1.165) is 22.6 Å². The Kier molecular flexibility index (Phi) is 4.07. The van der Waals surface area contributed by atoms with Crippen molar-refractivity contribution in [1.82, 2.24) is 0 Å². The first kappa shape index (κ1) is 15.9. The van der Waals surface area contributed by atoms with Gasteiger partial charge in [-0.3, -0.25) is 0 Å². The van der Waals surface area contributed by atoms with E-state index in [1.165, 1.54) is 16.7 Å². The van der Waals surface area contributed by atoms with Crippen molar-refractivity contribution >= 4 is 0 Å². The van der Waals surface area contributed by atoms with E-state index >= 15 is 0 Å². The minimum atomic E-state index is -0.192. The zero-order valence-electron chi connectivity index (χ0n) is 14.3. The predicted octanol–water partition coefficient (Wildman–Crippen LogP) is 4.28. The summed E-state index contributed by atoms with van der Waals surface area (Å²) in [6, 6.07) is 10.3. The minimum Gasteiger partial charge on any atom is -0.494 e. The van der Waals surface area contributed by atoms with Crippen LogP contribution in [0.2, 0.25) is 0 Å². The topological polar surface area (TPSA) is 38.7 Å². The van der Waals surface area contributed by atoms with E-state index in [-0.39, 0.29) is 12.0 Å². The third-order valence-electron chi connectivity index (χ3n) is 4.62. The largest absolute Gasteiger partial charge is 0.494 e. The summed E-state index contributed by atoms with van der Waals surface area (Å²) in [6.45, 7) is 9.57. The second kappa shape index (κ2) is 5.89. The molecule has 3 heteroatoms. The quantitative estimate of drug-likeness (QED) is 0.895. The van der Waals surface area contributed by atoms with E-state index in [1.807, 2.05) is 26.0 Å². The highest BCUT2D eigenvalue weighted by Crippen LogP contribution is 2.52. The summed E-state index contributed by atoms with van der Waals surface area (Å²) < 4.78 is 11.4. The molecule has 2 aromatic carbocycles. The smallest absolute Gasteiger partial charge is 0.125 e. The Hall–Kier alpha value is -2.00. The van der Waals surface area contributed by atoms with Crippen LogP contribution in [0.25, 0.3) is 11.1 Å². The van der Waals surface area contributed by atoms with Gasteiger partial charge in [0.25, 0.3) is 0 Å². The molecule has 0 radical (unpaired) electrons. The fourth-order valence-electron chi connectivity index (χ4n) is 3.68. The summed E-state index contributed by atoms with van der Waals surface area (Å²) in [5, 5.41) is 9.95. The van der Waals surface area contributed by atoms with E-state index in [2.05, 4.69) is 32.0 Å². The molecular formula is C20H24O3. The maximum atomic E-state index is 9.95. The molecule has 122 valence electrons. The van der Waals surface area contributed by atoms with Crippen LogP contribution in [0, 0.1) is 0 Å². The lowest BCUT2D eigenvalue weighted by atomic mass is 9.80. The molecule has 0 aliphatic heterocycles. The molecule has 0 fully saturated rings. The third kappa shape index (κ3) is 2.40. The van der Waals surface area contributed by atoms with Crippen LogP contribution in [0.4, 0.5) is 0 Å². The zero-order valence-corrected chi connectivity index (χ0v) is 14.3. The number of benzene rings is 2. The molecule has 0 saturated carbocycles. The van der Waals surface area contributed by atoms with Crippen molar-refractivity contribution < 1.29 is 14.6 Å². The van der Waals surface area contributed by atoms with E-state index in [4.69, 9.17) is 9.47 Å². The molecule has 1 aliphatic rings. The molecule has 3 rings (SSSR count). The first-order valence-electron chi connectivity index (χ1n) is 8.22. The van der Waals surface area contributed by atoms with E-state index < -0.39 is 0 Å². The average molecular weight is 312 g/mol. The van der Waals surface area contributed by atoms with Crippen LogP contribution in [0.1, 0.15) is 44.4 Å². The second-order valence-electron chi connectivity index (χ2n) is 6.32. The lowest BCUT2D eigenvalue weighted by Gasteiger charge is -2.25. The van der Waals surface area contributed by atoms with Gasteiger partial charge in [-0.1, -0.05) is 26.0 Å². The average Bonchev–Trinajstić information content (AvgIpc) is 2.76. The summed E-state index contributed by atoms with van der Waals surface area (Å²) in [5.74, 6) is 1.67. The van der Waals surface area contributed by atoms with Crippen molar-refractivity contribution in [1.29, 1.82) is 0 Å².